The van der Waals surface area contributed by atoms with Gasteiger partial charge in [0, 0.05) is 5.69 Å². The van der Waals surface area contributed by atoms with Crippen molar-refractivity contribution in [3.05, 3.63) is 53.6 Å². The van der Waals surface area contributed by atoms with E-state index in [-0.39, 0.29) is 6.61 Å². The summed E-state index contributed by atoms with van der Waals surface area (Å²) in [5.41, 5.74) is 14.6. The molecular formula is C16H17FN2O. The lowest BCUT2D eigenvalue weighted by Crippen LogP contribution is -2.01. The van der Waals surface area contributed by atoms with Gasteiger partial charge in [-0.15, -0.1) is 0 Å². The summed E-state index contributed by atoms with van der Waals surface area (Å²) in [5.74, 6) is 0.502. The topological polar surface area (TPSA) is 61.3 Å². The SMILES string of the molecule is Nc1ccc(/C=C/c2ccc(N)c(OCCF)c2)cc1. The van der Waals surface area contributed by atoms with Gasteiger partial charge in [0.15, 0.2) is 0 Å². The molecule has 0 unspecified atom stereocenters. The van der Waals surface area contributed by atoms with Crippen molar-refractivity contribution in [2.45, 2.75) is 0 Å². The first-order valence-electron chi connectivity index (χ1n) is 6.31. The van der Waals surface area contributed by atoms with E-state index < -0.39 is 6.67 Å². The van der Waals surface area contributed by atoms with Crippen LogP contribution in [0, 0.1) is 0 Å². The molecule has 0 aliphatic carbocycles. The first kappa shape index (κ1) is 13.9. The zero-order valence-electron chi connectivity index (χ0n) is 11.1. The average molecular weight is 272 g/mol. The Morgan fingerprint density at radius 1 is 0.950 bits per heavy atom. The smallest absolute Gasteiger partial charge is 0.142 e. The molecule has 0 aliphatic heterocycles. The highest BCUT2D eigenvalue weighted by atomic mass is 19.1. The maximum absolute atomic E-state index is 12.1. The Hall–Kier alpha value is -2.49. The van der Waals surface area contributed by atoms with Crippen molar-refractivity contribution < 1.29 is 9.13 Å². The van der Waals surface area contributed by atoms with Crippen molar-refractivity contribution in [2.75, 3.05) is 24.7 Å². The molecule has 0 amide bonds. The van der Waals surface area contributed by atoms with Gasteiger partial charge < -0.3 is 16.2 Å². The summed E-state index contributed by atoms with van der Waals surface area (Å²) in [4.78, 5) is 0. The van der Waals surface area contributed by atoms with Crippen LogP contribution in [-0.4, -0.2) is 13.3 Å². The second-order valence-electron chi connectivity index (χ2n) is 4.33. The number of ether oxygens (including phenoxy) is 1. The molecule has 4 heteroatoms. The monoisotopic (exact) mass is 272 g/mol. The third kappa shape index (κ3) is 3.75. The van der Waals surface area contributed by atoms with Crippen LogP contribution in [0.5, 0.6) is 5.75 Å². The highest BCUT2D eigenvalue weighted by Crippen LogP contribution is 2.24. The molecule has 0 spiro atoms. The zero-order chi connectivity index (χ0) is 14.4. The van der Waals surface area contributed by atoms with Crippen molar-refractivity contribution in [1.82, 2.24) is 0 Å². The third-order valence-electron chi connectivity index (χ3n) is 2.78. The number of alkyl halides is 1. The van der Waals surface area contributed by atoms with Crippen LogP contribution in [0.4, 0.5) is 15.8 Å². The Morgan fingerprint density at radius 2 is 1.60 bits per heavy atom. The Bertz CT molecular complexity index is 594. The van der Waals surface area contributed by atoms with E-state index in [1.807, 2.05) is 42.5 Å². The predicted octanol–water partition coefficient (Wildman–Crippen LogP) is 3.37. The minimum Gasteiger partial charge on any atom is -0.489 e. The van der Waals surface area contributed by atoms with E-state index >= 15 is 0 Å². The molecule has 20 heavy (non-hydrogen) atoms. The lowest BCUT2D eigenvalue weighted by atomic mass is 10.1. The highest BCUT2D eigenvalue weighted by molar-refractivity contribution is 5.72. The number of halogens is 1. The Balaban J connectivity index is 2.14. The summed E-state index contributed by atoms with van der Waals surface area (Å²) < 4.78 is 17.4. The van der Waals surface area contributed by atoms with Gasteiger partial charge in [-0.1, -0.05) is 30.4 Å². The maximum Gasteiger partial charge on any atom is 0.142 e. The highest BCUT2D eigenvalue weighted by Gasteiger charge is 2.00. The second kappa shape index (κ2) is 6.61. The standard InChI is InChI=1S/C16H17FN2O/c17-9-10-20-16-11-13(5-8-15(16)19)2-1-12-3-6-14(18)7-4-12/h1-8,11H,9-10,18-19H2/b2-1+. The lowest BCUT2D eigenvalue weighted by molar-refractivity contribution is 0.274. The molecular weight excluding hydrogens is 255 g/mol. The van der Waals surface area contributed by atoms with E-state index in [0.29, 0.717) is 11.4 Å². The molecule has 0 heterocycles. The molecule has 104 valence electrons. The van der Waals surface area contributed by atoms with Crippen LogP contribution in [0.2, 0.25) is 0 Å². The minimum absolute atomic E-state index is 0.00926. The molecule has 2 rings (SSSR count). The van der Waals surface area contributed by atoms with Gasteiger partial charge in [-0.2, -0.15) is 0 Å². The zero-order valence-corrected chi connectivity index (χ0v) is 11.1. The Kier molecular flexibility index (Phi) is 4.60. The van der Waals surface area contributed by atoms with Gasteiger partial charge in [-0.05, 0) is 35.4 Å². The first-order valence-corrected chi connectivity index (χ1v) is 6.31. The van der Waals surface area contributed by atoms with Crippen LogP contribution in [0.15, 0.2) is 42.5 Å². The number of rotatable bonds is 5. The Morgan fingerprint density at radius 3 is 2.30 bits per heavy atom. The van der Waals surface area contributed by atoms with Crippen molar-refractivity contribution in [3.8, 4) is 5.75 Å². The van der Waals surface area contributed by atoms with Gasteiger partial charge in [-0.3, -0.25) is 0 Å². The van der Waals surface area contributed by atoms with Gasteiger partial charge >= 0.3 is 0 Å². The fraction of sp³-hybridized carbons (Fsp3) is 0.125. The quantitative estimate of drug-likeness (QED) is 0.648. The van der Waals surface area contributed by atoms with E-state index in [4.69, 9.17) is 16.2 Å². The van der Waals surface area contributed by atoms with E-state index in [2.05, 4.69) is 0 Å². The molecule has 0 radical (unpaired) electrons. The number of nitrogens with two attached hydrogens (primary N) is 2. The molecule has 0 saturated carbocycles. The third-order valence-corrected chi connectivity index (χ3v) is 2.78. The summed E-state index contributed by atoms with van der Waals surface area (Å²) in [7, 11) is 0. The Labute approximate surface area is 117 Å². The van der Waals surface area contributed by atoms with Crippen LogP contribution >= 0.6 is 0 Å². The first-order chi connectivity index (χ1) is 9.69. The number of hydrogen-bond donors (Lipinski definition) is 2. The molecule has 2 aromatic carbocycles. The number of benzene rings is 2. The summed E-state index contributed by atoms with van der Waals surface area (Å²) in [6, 6.07) is 13.0. The summed E-state index contributed by atoms with van der Waals surface area (Å²) >= 11 is 0. The average Bonchev–Trinajstić information content (AvgIpc) is 2.46. The van der Waals surface area contributed by atoms with Gasteiger partial charge in [-0.25, -0.2) is 4.39 Å². The fourth-order valence-corrected chi connectivity index (χ4v) is 1.73. The molecule has 0 atom stereocenters. The van der Waals surface area contributed by atoms with Gasteiger partial charge in [0.25, 0.3) is 0 Å². The van der Waals surface area contributed by atoms with E-state index in [0.717, 1.165) is 16.8 Å². The molecule has 0 fully saturated rings. The number of anilines is 2. The maximum atomic E-state index is 12.1. The predicted molar refractivity (Wildman–Crippen MR) is 82.1 cm³/mol. The van der Waals surface area contributed by atoms with Crippen LogP contribution in [0.1, 0.15) is 11.1 Å². The van der Waals surface area contributed by atoms with Gasteiger partial charge in [0.05, 0.1) is 5.69 Å². The van der Waals surface area contributed by atoms with Crippen molar-refractivity contribution in [3.63, 3.8) is 0 Å². The normalized spacial score (nSPS) is 10.8. The van der Waals surface area contributed by atoms with Crippen molar-refractivity contribution in [2.24, 2.45) is 0 Å². The number of nitrogen functional groups attached to an aromatic ring is 2. The molecule has 0 saturated heterocycles. The molecule has 3 nitrogen and oxygen atoms in total. The van der Waals surface area contributed by atoms with Gasteiger partial charge in [0.1, 0.15) is 19.0 Å². The second-order valence-corrected chi connectivity index (χ2v) is 4.33. The van der Waals surface area contributed by atoms with Crippen LogP contribution in [0.25, 0.3) is 12.2 Å². The van der Waals surface area contributed by atoms with Crippen molar-refractivity contribution >= 4 is 23.5 Å². The van der Waals surface area contributed by atoms with E-state index in [9.17, 15) is 4.39 Å². The van der Waals surface area contributed by atoms with E-state index in [1.165, 1.54) is 0 Å². The van der Waals surface area contributed by atoms with Gasteiger partial charge in [0.2, 0.25) is 0 Å². The lowest BCUT2D eigenvalue weighted by Gasteiger charge is -2.07. The van der Waals surface area contributed by atoms with Crippen LogP contribution in [-0.2, 0) is 0 Å². The summed E-state index contributed by atoms with van der Waals surface area (Å²) in [6.45, 7) is -0.528. The summed E-state index contributed by atoms with van der Waals surface area (Å²) in [6.07, 6.45) is 3.90. The fourth-order valence-electron chi connectivity index (χ4n) is 1.73. The van der Waals surface area contributed by atoms with E-state index in [1.54, 1.807) is 12.1 Å². The molecule has 0 bridgehead atoms. The van der Waals surface area contributed by atoms with Crippen LogP contribution in [0.3, 0.4) is 0 Å². The molecule has 0 aromatic heterocycles. The van der Waals surface area contributed by atoms with Crippen molar-refractivity contribution in [1.29, 1.82) is 0 Å². The minimum atomic E-state index is -0.537. The molecule has 0 aliphatic rings. The molecule has 4 N–H and O–H groups in total. The summed E-state index contributed by atoms with van der Waals surface area (Å²) in [5, 5.41) is 0. The largest absolute Gasteiger partial charge is 0.489 e. The molecule has 2 aromatic rings. The number of hydrogen-bond acceptors (Lipinski definition) is 3. The van der Waals surface area contributed by atoms with Crippen LogP contribution < -0.4 is 16.2 Å².